The second-order valence-corrected chi connectivity index (χ2v) is 5.04. The molecule has 1 atom stereocenters. The summed E-state index contributed by atoms with van der Waals surface area (Å²) in [4.78, 5) is 8.70. The highest BCUT2D eigenvalue weighted by molar-refractivity contribution is 5.75. The summed E-state index contributed by atoms with van der Waals surface area (Å²) in [5, 5.41) is 12.9. The number of benzene rings is 2. The largest absolute Gasteiger partial charge is 0.491 e. The first-order chi connectivity index (χ1) is 11.2. The van der Waals surface area contributed by atoms with E-state index in [0.717, 1.165) is 11.0 Å². The number of aliphatic hydroxyl groups excluding tert-OH is 1. The van der Waals surface area contributed by atoms with Crippen LogP contribution >= 0.6 is 0 Å². The summed E-state index contributed by atoms with van der Waals surface area (Å²) in [7, 11) is 0. The number of hydrogen-bond donors (Lipinski definition) is 2. The molecule has 0 spiro atoms. The van der Waals surface area contributed by atoms with Gasteiger partial charge >= 0.3 is 0 Å². The highest BCUT2D eigenvalue weighted by atomic mass is 19.1. The molecule has 1 unspecified atom stereocenters. The number of para-hydroxylation sites is 2. The van der Waals surface area contributed by atoms with Crippen LogP contribution in [-0.2, 0) is 0 Å². The topological polar surface area (TPSA) is 67.3 Å². The van der Waals surface area contributed by atoms with Gasteiger partial charge in [0.25, 0.3) is 0 Å². The molecule has 0 aliphatic heterocycles. The van der Waals surface area contributed by atoms with Crippen molar-refractivity contribution < 1.29 is 14.2 Å². The molecule has 118 valence electrons. The van der Waals surface area contributed by atoms with Crippen molar-refractivity contribution >= 4 is 16.9 Å². The molecule has 2 aromatic carbocycles. The van der Waals surface area contributed by atoms with Gasteiger partial charge in [-0.05, 0) is 36.4 Å². The molecule has 0 aliphatic rings. The van der Waals surface area contributed by atoms with Gasteiger partial charge in [0.05, 0.1) is 17.2 Å². The van der Waals surface area contributed by atoms with Crippen LogP contribution in [0.2, 0.25) is 0 Å². The summed E-state index contributed by atoms with van der Waals surface area (Å²) >= 11 is 0. The average Bonchev–Trinajstić information content (AvgIpc) is 2.59. The number of rotatable bonds is 6. The van der Waals surface area contributed by atoms with Crippen molar-refractivity contribution in [2.24, 2.45) is 0 Å². The molecule has 3 rings (SSSR count). The number of aromatic nitrogens is 2. The Morgan fingerprint density at radius 1 is 1.09 bits per heavy atom. The minimum atomic E-state index is -0.728. The molecule has 0 saturated heterocycles. The van der Waals surface area contributed by atoms with Crippen molar-refractivity contribution in [1.29, 1.82) is 0 Å². The number of ether oxygens (including phenoxy) is 1. The Kier molecular flexibility index (Phi) is 4.63. The van der Waals surface area contributed by atoms with E-state index in [1.807, 2.05) is 24.3 Å². The molecule has 0 bridgehead atoms. The number of nitrogens with zero attached hydrogens (tertiary/aromatic N) is 2. The average molecular weight is 313 g/mol. The zero-order chi connectivity index (χ0) is 16.1. The number of hydrogen-bond acceptors (Lipinski definition) is 5. The van der Waals surface area contributed by atoms with Crippen LogP contribution in [0.3, 0.4) is 0 Å². The number of anilines is 1. The molecule has 1 heterocycles. The lowest BCUT2D eigenvalue weighted by atomic mass is 10.3. The lowest BCUT2D eigenvalue weighted by Gasteiger charge is -2.13. The maximum absolute atomic E-state index is 12.8. The molecule has 3 aromatic rings. The van der Waals surface area contributed by atoms with Gasteiger partial charge in [0.15, 0.2) is 0 Å². The van der Waals surface area contributed by atoms with Gasteiger partial charge in [-0.1, -0.05) is 12.1 Å². The molecule has 5 nitrogen and oxygen atoms in total. The summed E-state index contributed by atoms with van der Waals surface area (Å²) in [5.41, 5.74) is 1.60. The van der Waals surface area contributed by atoms with E-state index in [2.05, 4.69) is 15.3 Å². The summed E-state index contributed by atoms with van der Waals surface area (Å²) in [5.74, 6) is 0.773. The Morgan fingerprint density at radius 2 is 1.83 bits per heavy atom. The number of nitrogens with one attached hydrogen (secondary N) is 1. The first-order valence-electron chi connectivity index (χ1n) is 7.23. The monoisotopic (exact) mass is 313 g/mol. The number of fused-ring (bicyclic) bond motifs is 1. The molecule has 6 heteroatoms. The third kappa shape index (κ3) is 4.14. The van der Waals surface area contributed by atoms with E-state index in [1.165, 1.54) is 24.3 Å². The number of aliphatic hydroxyl groups is 1. The Bertz CT molecular complexity index is 780. The first-order valence-corrected chi connectivity index (χ1v) is 7.23. The van der Waals surface area contributed by atoms with Crippen LogP contribution in [0.25, 0.3) is 11.0 Å². The molecule has 0 amide bonds. The minimum Gasteiger partial charge on any atom is -0.491 e. The first kappa shape index (κ1) is 15.2. The Balaban J connectivity index is 1.51. The van der Waals surface area contributed by atoms with Gasteiger partial charge in [0.2, 0.25) is 0 Å². The summed E-state index contributed by atoms with van der Waals surface area (Å²) in [6.07, 6.45) is 0.893. The quantitative estimate of drug-likeness (QED) is 0.732. The van der Waals surface area contributed by atoms with Gasteiger partial charge in [-0.15, -0.1) is 0 Å². The fraction of sp³-hybridized carbons (Fsp3) is 0.176. The molecule has 0 saturated carbocycles. The molecule has 0 aliphatic carbocycles. The van der Waals surface area contributed by atoms with E-state index in [4.69, 9.17) is 4.74 Å². The molecule has 23 heavy (non-hydrogen) atoms. The summed E-state index contributed by atoms with van der Waals surface area (Å²) in [6.45, 7) is 0.369. The van der Waals surface area contributed by atoms with Gasteiger partial charge in [0.1, 0.15) is 30.1 Å². The van der Waals surface area contributed by atoms with Crippen LogP contribution in [0.15, 0.2) is 54.7 Å². The third-order valence-corrected chi connectivity index (χ3v) is 3.22. The van der Waals surface area contributed by atoms with Crippen LogP contribution in [0.5, 0.6) is 5.75 Å². The van der Waals surface area contributed by atoms with Gasteiger partial charge in [-0.3, -0.25) is 4.98 Å². The SMILES string of the molecule is OC(CNc1cnc2ccccc2n1)COc1ccc(F)cc1. The van der Waals surface area contributed by atoms with Crippen molar-refractivity contribution in [3.05, 3.63) is 60.5 Å². The fourth-order valence-corrected chi connectivity index (χ4v) is 2.05. The third-order valence-electron chi connectivity index (χ3n) is 3.22. The molecule has 2 N–H and O–H groups in total. The van der Waals surface area contributed by atoms with Crippen LogP contribution in [0.4, 0.5) is 10.2 Å². The van der Waals surface area contributed by atoms with Crippen LogP contribution in [0, 0.1) is 5.82 Å². The van der Waals surface area contributed by atoms with E-state index in [9.17, 15) is 9.50 Å². The van der Waals surface area contributed by atoms with Crippen LogP contribution in [-0.4, -0.2) is 34.3 Å². The summed E-state index contributed by atoms with van der Waals surface area (Å²) in [6, 6.07) is 13.2. The maximum atomic E-state index is 12.8. The van der Waals surface area contributed by atoms with Crippen molar-refractivity contribution in [2.45, 2.75) is 6.10 Å². The van der Waals surface area contributed by atoms with E-state index >= 15 is 0 Å². The van der Waals surface area contributed by atoms with Crippen LogP contribution in [0.1, 0.15) is 0 Å². The van der Waals surface area contributed by atoms with Crippen molar-refractivity contribution in [2.75, 3.05) is 18.5 Å². The van der Waals surface area contributed by atoms with E-state index in [-0.39, 0.29) is 19.0 Å². The van der Waals surface area contributed by atoms with Crippen molar-refractivity contribution in [1.82, 2.24) is 9.97 Å². The zero-order valence-electron chi connectivity index (χ0n) is 12.3. The number of halogens is 1. The Labute approximate surface area is 132 Å². The van der Waals surface area contributed by atoms with Gasteiger partial charge in [0, 0.05) is 6.54 Å². The lowest BCUT2D eigenvalue weighted by Crippen LogP contribution is -2.26. The summed E-state index contributed by atoms with van der Waals surface area (Å²) < 4.78 is 18.2. The molecule has 0 fully saturated rings. The zero-order valence-corrected chi connectivity index (χ0v) is 12.3. The highest BCUT2D eigenvalue weighted by Crippen LogP contribution is 2.12. The van der Waals surface area contributed by atoms with Crippen molar-refractivity contribution in [3.8, 4) is 5.75 Å². The van der Waals surface area contributed by atoms with Gasteiger partial charge in [-0.25, -0.2) is 9.37 Å². The lowest BCUT2D eigenvalue weighted by molar-refractivity contribution is 0.117. The predicted molar refractivity (Wildman–Crippen MR) is 85.9 cm³/mol. The normalized spacial score (nSPS) is 12.1. The van der Waals surface area contributed by atoms with Crippen molar-refractivity contribution in [3.63, 3.8) is 0 Å². The highest BCUT2D eigenvalue weighted by Gasteiger charge is 2.07. The Morgan fingerprint density at radius 3 is 2.61 bits per heavy atom. The second kappa shape index (κ2) is 7.02. The minimum absolute atomic E-state index is 0.0969. The van der Waals surface area contributed by atoms with E-state index in [0.29, 0.717) is 11.6 Å². The smallest absolute Gasteiger partial charge is 0.145 e. The van der Waals surface area contributed by atoms with E-state index < -0.39 is 6.10 Å². The van der Waals surface area contributed by atoms with Gasteiger partial charge in [-0.2, -0.15) is 0 Å². The molecular formula is C17H16FN3O2. The molecule has 1 aromatic heterocycles. The maximum Gasteiger partial charge on any atom is 0.145 e. The fourth-order valence-electron chi connectivity index (χ4n) is 2.05. The molecular weight excluding hydrogens is 297 g/mol. The van der Waals surface area contributed by atoms with E-state index in [1.54, 1.807) is 6.20 Å². The second-order valence-electron chi connectivity index (χ2n) is 5.04. The van der Waals surface area contributed by atoms with Gasteiger partial charge < -0.3 is 15.2 Å². The van der Waals surface area contributed by atoms with Crippen LogP contribution < -0.4 is 10.1 Å². The Hall–Kier alpha value is -2.73. The standard InChI is InChI=1S/C17H16FN3O2/c18-12-5-7-14(8-6-12)23-11-13(22)9-20-17-10-19-15-3-1-2-4-16(15)21-17/h1-8,10,13,22H,9,11H2,(H,20,21). The molecule has 0 radical (unpaired) electrons. The predicted octanol–water partition coefficient (Wildman–Crippen LogP) is 2.62.